The molecule has 1 aromatic rings. The van der Waals surface area contributed by atoms with Gasteiger partial charge in [0.2, 0.25) is 11.8 Å². The molecule has 5 nitrogen and oxygen atoms in total. The van der Waals surface area contributed by atoms with Crippen molar-refractivity contribution in [3.8, 4) is 0 Å². The molecule has 1 aromatic carbocycles. The first kappa shape index (κ1) is 15.0. The van der Waals surface area contributed by atoms with E-state index >= 15 is 0 Å². The van der Waals surface area contributed by atoms with Gasteiger partial charge in [-0.2, -0.15) is 0 Å². The van der Waals surface area contributed by atoms with Gasteiger partial charge in [-0.05, 0) is 18.1 Å². The fourth-order valence-corrected chi connectivity index (χ4v) is 1.36. The van der Waals surface area contributed by atoms with E-state index in [2.05, 4.69) is 16.0 Å². The van der Waals surface area contributed by atoms with Crippen LogP contribution in [0.15, 0.2) is 30.3 Å². The second kappa shape index (κ2) is 8.13. The van der Waals surface area contributed by atoms with Crippen LogP contribution in [0.4, 0.5) is 5.69 Å². The lowest BCUT2D eigenvalue weighted by Gasteiger charge is -2.09. The van der Waals surface area contributed by atoms with Crippen molar-refractivity contribution in [1.29, 1.82) is 0 Å². The van der Waals surface area contributed by atoms with Crippen molar-refractivity contribution >= 4 is 17.5 Å². The molecule has 0 radical (unpaired) electrons. The number of benzene rings is 1. The van der Waals surface area contributed by atoms with Crippen LogP contribution in [-0.2, 0) is 9.59 Å². The standard InChI is InChI=1S/C14H21N3O2/c1-11(2)8-16-14(19)10-17-13(18)9-15-12-6-4-3-5-7-12/h3-7,11,15H,8-10H2,1-2H3,(H,16,19)(H,17,18). The minimum Gasteiger partial charge on any atom is -0.376 e. The van der Waals surface area contributed by atoms with E-state index in [0.717, 1.165) is 5.69 Å². The molecule has 5 heteroatoms. The van der Waals surface area contributed by atoms with Gasteiger partial charge in [0.25, 0.3) is 0 Å². The van der Waals surface area contributed by atoms with Crippen LogP contribution in [-0.4, -0.2) is 31.4 Å². The maximum Gasteiger partial charge on any atom is 0.239 e. The Kier molecular flexibility index (Phi) is 6.43. The largest absolute Gasteiger partial charge is 0.376 e. The van der Waals surface area contributed by atoms with Gasteiger partial charge < -0.3 is 16.0 Å². The van der Waals surface area contributed by atoms with E-state index in [1.807, 2.05) is 44.2 Å². The summed E-state index contributed by atoms with van der Waals surface area (Å²) in [5.74, 6) is 0.0321. The van der Waals surface area contributed by atoms with Crippen LogP contribution >= 0.6 is 0 Å². The maximum atomic E-state index is 11.5. The van der Waals surface area contributed by atoms with Gasteiger partial charge in [0, 0.05) is 12.2 Å². The number of nitrogens with one attached hydrogen (secondary N) is 3. The highest BCUT2D eigenvalue weighted by Gasteiger charge is 2.05. The Morgan fingerprint density at radius 3 is 2.26 bits per heavy atom. The van der Waals surface area contributed by atoms with Crippen molar-refractivity contribution in [2.75, 3.05) is 25.0 Å². The molecule has 19 heavy (non-hydrogen) atoms. The Hall–Kier alpha value is -2.04. The van der Waals surface area contributed by atoms with Gasteiger partial charge in [0.05, 0.1) is 13.1 Å². The lowest BCUT2D eigenvalue weighted by atomic mass is 10.2. The molecule has 0 heterocycles. The fourth-order valence-electron chi connectivity index (χ4n) is 1.36. The molecule has 0 fully saturated rings. The molecule has 0 spiro atoms. The minimum absolute atomic E-state index is 0.0159. The first-order valence-corrected chi connectivity index (χ1v) is 6.40. The van der Waals surface area contributed by atoms with E-state index in [0.29, 0.717) is 12.5 Å². The van der Waals surface area contributed by atoms with Gasteiger partial charge in [-0.15, -0.1) is 0 Å². The van der Waals surface area contributed by atoms with Crippen LogP contribution < -0.4 is 16.0 Å². The number of anilines is 1. The quantitative estimate of drug-likeness (QED) is 0.687. The maximum absolute atomic E-state index is 11.5. The van der Waals surface area contributed by atoms with Crippen molar-refractivity contribution in [2.45, 2.75) is 13.8 Å². The molecule has 0 saturated heterocycles. The molecule has 0 aliphatic carbocycles. The second-order valence-corrected chi connectivity index (χ2v) is 4.69. The number of para-hydroxylation sites is 1. The third-order valence-electron chi connectivity index (χ3n) is 2.38. The molecule has 2 amide bonds. The smallest absolute Gasteiger partial charge is 0.239 e. The van der Waals surface area contributed by atoms with Crippen LogP contribution in [0.1, 0.15) is 13.8 Å². The zero-order valence-corrected chi connectivity index (χ0v) is 11.4. The third-order valence-corrected chi connectivity index (χ3v) is 2.38. The predicted molar refractivity (Wildman–Crippen MR) is 75.8 cm³/mol. The van der Waals surface area contributed by atoms with Crippen LogP contribution in [0.5, 0.6) is 0 Å². The van der Waals surface area contributed by atoms with Crippen molar-refractivity contribution in [3.05, 3.63) is 30.3 Å². The van der Waals surface area contributed by atoms with Crippen molar-refractivity contribution < 1.29 is 9.59 Å². The normalized spacial score (nSPS) is 10.1. The lowest BCUT2D eigenvalue weighted by Crippen LogP contribution is -2.40. The van der Waals surface area contributed by atoms with Gasteiger partial charge in [0.1, 0.15) is 0 Å². The summed E-state index contributed by atoms with van der Waals surface area (Å²) in [7, 11) is 0. The Balaban J connectivity index is 2.16. The average Bonchev–Trinajstić information content (AvgIpc) is 2.41. The number of rotatable bonds is 7. The molecular formula is C14H21N3O2. The van der Waals surface area contributed by atoms with E-state index in [4.69, 9.17) is 0 Å². The number of carbonyl (C=O) groups excluding carboxylic acids is 2. The first-order valence-electron chi connectivity index (χ1n) is 6.40. The minimum atomic E-state index is -0.205. The number of hydrogen-bond acceptors (Lipinski definition) is 3. The van der Waals surface area contributed by atoms with Gasteiger partial charge in [0.15, 0.2) is 0 Å². The lowest BCUT2D eigenvalue weighted by molar-refractivity contribution is -0.125. The van der Waals surface area contributed by atoms with Gasteiger partial charge in [-0.25, -0.2) is 0 Å². The number of amides is 2. The first-order chi connectivity index (χ1) is 9.08. The zero-order valence-electron chi connectivity index (χ0n) is 11.4. The van der Waals surface area contributed by atoms with Crippen molar-refractivity contribution in [1.82, 2.24) is 10.6 Å². The molecule has 0 aromatic heterocycles. The number of hydrogen-bond donors (Lipinski definition) is 3. The summed E-state index contributed by atoms with van der Waals surface area (Å²) in [4.78, 5) is 22.9. The predicted octanol–water partition coefficient (Wildman–Crippen LogP) is 0.987. The highest BCUT2D eigenvalue weighted by Crippen LogP contribution is 2.03. The summed E-state index contributed by atoms with van der Waals surface area (Å²) in [6, 6.07) is 9.44. The average molecular weight is 263 g/mol. The molecule has 0 saturated carbocycles. The number of carbonyl (C=O) groups is 2. The molecule has 0 aliphatic heterocycles. The highest BCUT2D eigenvalue weighted by atomic mass is 16.2. The third kappa shape index (κ3) is 7.08. The summed E-state index contributed by atoms with van der Waals surface area (Å²) < 4.78 is 0. The van der Waals surface area contributed by atoms with E-state index in [9.17, 15) is 9.59 Å². The summed E-state index contributed by atoms with van der Waals surface area (Å²) in [6.07, 6.45) is 0. The topological polar surface area (TPSA) is 70.2 Å². The molecule has 0 bridgehead atoms. The van der Waals surface area contributed by atoms with E-state index < -0.39 is 0 Å². The summed E-state index contributed by atoms with van der Waals surface area (Å²) in [5.41, 5.74) is 0.877. The van der Waals surface area contributed by atoms with E-state index in [1.165, 1.54) is 0 Å². The van der Waals surface area contributed by atoms with Crippen LogP contribution in [0.3, 0.4) is 0 Å². The highest BCUT2D eigenvalue weighted by molar-refractivity contribution is 5.86. The molecule has 0 atom stereocenters. The Morgan fingerprint density at radius 2 is 1.63 bits per heavy atom. The zero-order chi connectivity index (χ0) is 14.1. The van der Waals surface area contributed by atoms with E-state index in [-0.39, 0.29) is 24.9 Å². The molecular weight excluding hydrogens is 242 g/mol. The summed E-state index contributed by atoms with van der Waals surface area (Å²) >= 11 is 0. The molecule has 104 valence electrons. The molecule has 0 unspecified atom stereocenters. The second-order valence-electron chi connectivity index (χ2n) is 4.69. The Labute approximate surface area is 113 Å². The van der Waals surface area contributed by atoms with Gasteiger partial charge >= 0.3 is 0 Å². The Bertz CT molecular complexity index is 404. The van der Waals surface area contributed by atoms with Crippen molar-refractivity contribution in [2.24, 2.45) is 5.92 Å². The van der Waals surface area contributed by atoms with Crippen LogP contribution in [0.25, 0.3) is 0 Å². The van der Waals surface area contributed by atoms with E-state index in [1.54, 1.807) is 0 Å². The van der Waals surface area contributed by atoms with Crippen LogP contribution in [0.2, 0.25) is 0 Å². The van der Waals surface area contributed by atoms with Crippen molar-refractivity contribution in [3.63, 3.8) is 0 Å². The SMILES string of the molecule is CC(C)CNC(=O)CNC(=O)CNc1ccccc1. The van der Waals surface area contributed by atoms with Gasteiger partial charge in [-0.1, -0.05) is 32.0 Å². The monoisotopic (exact) mass is 263 g/mol. The Morgan fingerprint density at radius 1 is 1.00 bits per heavy atom. The molecule has 3 N–H and O–H groups in total. The fraction of sp³-hybridized carbons (Fsp3) is 0.429. The summed E-state index contributed by atoms with van der Waals surface area (Å²) in [5, 5.41) is 8.27. The van der Waals surface area contributed by atoms with Crippen LogP contribution in [0, 0.1) is 5.92 Å². The molecule has 0 aliphatic rings. The molecule has 1 rings (SSSR count). The summed E-state index contributed by atoms with van der Waals surface area (Å²) in [6.45, 7) is 4.83. The van der Waals surface area contributed by atoms with Gasteiger partial charge in [-0.3, -0.25) is 9.59 Å².